The molecule has 11 heteroatoms. The Labute approximate surface area is 240 Å². The lowest BCUT2D eigenvalue weighted by Crippen LogP contribution is -2.54. The first-order valence-electron chi connectivity index (χ1n) is 13.6. The van der Waals surface area contributed by atoms with Crippen LogP contribution in [0.4, 0.5) is 21.9 Å². The number of benzene rings is 2. The smallest absolute Gasteiger partial charge is 0.331 e. The monoisotopic (exact) mass is 570 g/mol. The van der Waals surface area contributed by atoms with Gasteiger partial charge in [-0.3, -0.25) is 14.5 Å². The third-order valence-corrected chi connectivity index (χ3v) is 8.55. The average Bonchev–Trinajstić information content (AvgIpc) is 3.35. The minimum absolute atomic E-state index is 0.100. The summed E-state index contributed by atoms with van der Waals surface area (Å²) in [6.07, 6.45) is 5.07. The highest BCUT2D eigenvalue weighted by Gasteiger charge is 2.35. The van der Waals surface area contributed by atoms with E-state index in [4.69, 9.17) is 10.5 Å². The Hall–Kier alpha value is -4.48. The highest BCUT2D eigenvalue weighted by molar-refractivity contribution is 7.21. The molecule has 3 heterocycles. The molecule has 0 radical (unpaired) electrons. The van der Waals surface area contributed by atoms with E-state index in [1.54, 1.807) is 17.2 Å². The van der Waals surface area contributed by atoms with E-state index in [2.05, 4.69) is 20.9 Å². The highest BCUT2D eigenvalue weighted by atomic mass is 32.1. The van der Waals surface area contributed by atoms with Gasteiger partial charge in [-0.05, 0) is 61.7 Å². The summed E-state index contributed by atoms with van der Waals surface area (Å²) in [5.41, 5.74) is 8.13. The van der Waals surface area contributed by atoms with Crippen LogP contribution in [0.3, 0.4) is 0 Å². The Morgan fingerprint density at radius 3 is 2.54 bits per heavy atom. The molecule has 1 fully saturated rings. The van der Waals surface area contributed by atoms with Crippen LogP contribution >= 0.6 is 11.3 Å². The fourth-order valence-electron chi connectivity index (χ4n) is 5.53. The van der Waals surface area contributed by atoms with Crippen molar-refractivity contribution in [3.8, 4) is 11.5 Å². The number of hydrogen-bond acceptors (Lipinski definition) is 7. The van der Waals surface area contributed by atoms with Crippen molar-refractivity contribution in [3.63, 3.8) is 0 Å². The van der Waals surface area contributed by atoms with Crippen molar-refractivity contribution < 1.29 is 19.1 Å². The van der Waals surface area contributed by atoms with Gasteiger partial charge in [0.05, 0.1) is 29.0 Å². The van der Waals surface area contributed by atoms with E-state index in [9.17, 15) is 14.4 Å². The quantitative estimate of drug-likeness (QED) is 0.241. The van der Waals surface area contributed by atoms with Gasteiger partial charge in [0, 0.05) is 18.3 Å². The minimum atomic E-state index is -0.372. The lowest BCUT2D eigenvalue weighted by molar-refractivity contribution is -0.120. The van der Waals surface area contributed by atoms with E-state index in [1.807, 2.05) is 55.5 Å². The van der Waals surface area contributed by atoms with Crippen LogP contribution in [-0.4, -0.2) is 41.5 Å². The zero-order valence-electron chi connectivity index (χ0n) is 22.5. The van der Waals surface area contributed by atoms with Gasteiger partial charge < -0.3 is 26.4 Å². The first kappa shape index (κ1) is 26.7. The number of hydrogen-bond donors (Lipinski definition) is 4. The summed E-state index contributed by atoms with van der Waals surface area (Å²) in [4.78, 5) is 46.2. The van der Waals surface area contributed by atoms with Crippen LogP contribution in [0.1, 0.15) is 40.9 Å². The Kier molecular flexibility index (Phi) is 7.29. The largest absolute Gasteiger partial charge is 0.457 e. The molecule has 0 unspecified atom stereocenters. The van der Waals surface area contributed by atoms with Gasteiger partial charge >= 0.3 is 6.03 Å². The van der Waals surface area contributed by atoms with Gasteiger partial charge in [-0.25, -0.2) is 9.78 Å². The maximum atomic E-state index is 13.6. The molecule has 1 aliphatic carbocycles. The molecule has 2 aliphatic rings. The van der Waals surface area contributed by atoms with Gasteiger partial charge in [0.25, 0.3) is 5.91 Å². The summed E-state index contributed by atoms with van der Waals surface area (Å²) >= 11 is 1.23. The van der Waals surface area contributed by atoms with Gasteiger partial charge in [-0.15, -0.1) is 11.3 Å². The van der Waals surface area contributed by atoms with E-state index in [-0.39, 0.29) is 36.5 Å². The third kappa shape index (κ3) is 5.21. The average molecular weight is 571 g/mol. The van der Waals surface area contributed by atoms with Crippen LogP contribution < -0.4 is 31.3 Å². The number of amides is 4. The molecule has 210 valence electrons. The molecule has 5 N–H and O–H groups in total. The summed E-state index contributed by atoms with van der Waals surface area (Å²) in [6.45, 7) is 1.82. The molecule has 6 rings (SSSR count). The van der Waals surface area contributed by atoms with Crippen molar-refractivity contribution in [1.29, 1.82) is 0 Å². The highest BCUT2D eigenvalue weighted by Crippen LogP contribution is 2.46. The van der Waals surface area contributed by atoms with E-state index < -0.39 is 0 Å². The zero-order chi connectivity index (χ0) is 28.5. The molecule has 1 saturated carbocycles. The topological polar surface area (TPSA) is 139 Å². The fourth-order valence-corrected chi connectivity index (χ4v) is 6.55. The lowest BCUT2D eigenvalue weighted by Gasteiger charge is -2.33. The molecule has 2 aromatic heterocycles. The van der Waals surface area contributed by atoms with Crippen LogP contribution in [0.2, 0.25) is 0 Å². The number of nitrogens with one attached hydrogen (secondary N) is 3. The molecular weight excluding hydrogens is 540 g/mol. The van der Waals surface area contributed by atoms with Crippen molar-refractivity contribution in [3.05, 3.63) is 71.2 Å². The van der Waals surface area contributed by atoms with Crippen LogP contribution in [0.15, 0.2) is 60.8 Å². The van der Waals surface area contributed by atoms with Crippen molar-refractivity contribution in [2.24, 2.45) is 5.73 Å². The van der Waals surface area contributed by atoms with Gasteiger partial charge in [0.15, 0.2) is 0 Å². The molecule has 0 bridgehead atoms. The van der Waals surface area contributed by atoms with E-state index in [1.165, 1.54) is 11.3 Å². The number of urea groups is 1. The molecule has 4 aromatic rings. The number of aromatic nitrogens is 1. The molecule has 41 heavy (non-hydrogen) atoms. The Bertz CT molecular complexity index is 1640. The second-order valence-corrected chi connectivity index (χ2v) is 11.2. The Balaban J connectivity index is 1.30. The molecule has 4 amide bonds. The predicted octanol–water partition coefficient (Wildman–Crippen LogP) is 5.20. The SMILES string of the molecule is Cc1cc(Oc2ccccc2)ccc1N1C(=O)Nc2c(C(=O)N[C@@H]3CCCC[C@@H]3NC(=O)CN)sc3nccc1c23. The third-order valence-electron chi connectivity index (χ3n) is 7.45. The number of carbonyl (C=O) groups is 3. The first-order valence-corrected chi connectivity index (χ1v) is 14.4. The van der Waals surface area contributed by atoms with E-state index in [0.717, 1.165) is 37.0 Å². The van der Waals surface area contributed by atoms with Crippen LogP contribution in [0.25, 0.3) is 10.2 Å². The van der Waals surface area contributed by atoms with Gasteiger partial charge in [0.2, 0.25) is 5.91 Å². The minimum Gasteiger partial charge on any atom is -0.457 e. The van der Waals surface area contributed by atoms with Crippen molar-refractivity contribution >= 4 is 56.5 Å². The summed E-state index contributed by atoms with van der Waals surface area (Å²) in [5, 5.41) is 9.69. The molecule has 2 aromatic carbocycles. The lowest BCUT2D eigenvalue weighted by atomic mass is 9.90. The normalized spacial score (nSPS) is 18.1. The number of rotatable bonds is 7. The van der Waals surface area contributed by atoms with E-state index >= 15 is 0 Å². The predicted molar refractivity (Wildman–Crippen MR) is 159 cm³/mol. The van der Waals surface area contributed by atoms with Crippen LogP contribution in [0, 0.1) is 6.92 Å². The summed E-state index contributed by atoms with van der Waals surface area (Å²) in [7, 11) is 0. The molecular formula is C30H30N6O4S. The zero-order valence-corrected chi connectivity index (χ0v) is 23.3. The number of pyridine rings is 1. The molecule has 0 spiro atoms. The maximum Gasteiger partial charge on any atom is 0.331 e. The number of para-hydroxylation sites is 1. The van der Waals surface area contributed by atoms with Crippen LogP contribution in [-0.2, 0) is 4.79 Å². The second-order valence-electron chi connectivity index (χ2n) is 10.2. The number of anilines is 3. The molecule has 0 saturated heterocycles. The van der Waals surface area contributed by atoms with Crippen molar-refractivity contribution in [1.82, 2.24) is 15.6 Å². The van der Waals surface area contributed by atoms with Crippen LogP contribution in [0.5, 0.6) is 11.5 Å². The number of nitrogens with two attached hydrogens (primary N) is 1. The summed E-state index contributed by atoms with van der Waals surface area (Å²) in [6, 6.07) is 16.1. The Morgan fingerprint density at radius 1 is 1.05 bits per heavy atom. The molecule has 2 atom stereocenters. The molecule has 1 aliphatic heterocycles. The first-order chi connectivity index (χ1) is 19.9. The number of nitrogens with zero attached hydrogens (tertiary/aromatic N) is 2. The van der Waals surface area contributed by atoms with Gasteiger partial charge in [-0.2, -0.15) is 0 Å². The Morgan fingerprint density at radius 2 is 1.80 bits per heavy atom. The summed E-state index contributed by atoms with van der Waals surface area (Å²) < 4.78 is 5.97. The number of carbonyl (C=O) groups excluding carboxylic acids is 3. The van der Waals surface area contributed by atoms with Gasteiger partial charge in [0.1, 0.15) is 21.2 Å². The fraction of sp³-hybridized carbons (Fsp3) is 0.267. The number of ether oxygens (including phenoxy) is 1. The second kappa shape index (κ2) is 11.2. The standard InChI is InChI=1S/C30H30N6O4S/c1-17-15-19(40-18-7-3-2-4-8-18)11-12-22(17)36-23-13-14-32-29-25(23)26(35-30(36)39)27(41-29)28(38)34-21-10-6-5-9-20(21)33-24(37)16-31/h2-4,7-8,11-15,20-21H,5-6,9-10,16,31H2,1H3,(H,33,37)(H,34,38)(H,35,39)/t20-,21+/m0/s1. The van der Waals surface area contributed by atoms with Crippen molar-refractivity contribution in [2.45, 2.75) is 44.7 Å². The molecule has 10 nitrogen and oxygen atoms in total. The van der Waals surface area contributed by atoms with Gasteiger partial charge in [-0.1, -0.05) is 31.0 Å². The summed E-state index contributed by atoms with van der Waals surface area (Å²) in [5.74, 6) is 0.833. The maximum absolute atomic E-state index is 13.6. The van der Waals surface area contributed by atoms with E-state index in [0.29, 0.717) is 37.9 Å². The van der Waals surface area contributed by atoms with Crippen molar-refractivity contribution in [2.75, 3.05) is 16.8 Å². The number of aryl methyl sites for hydroxylation is 1. The number of thiophene rings is 1.